The lowest BCUT2D eigenvalue weighted by Gasteiger charge is -2.35. The van der Waals surface area contributed by atoms with E-state index in [4.69, 9.17) is 9.16 Å². The van der Waals surface area contributed by atoms with E-state index in [1.807, 2.05) is 13.1 Å². The second-order valence-electron chi connectivity index (χ2n) is 6.54. The van der Waals surface area contributed by atoms with Crippen molar-refractivity contribution in [3.63, 3.8) is 0 Å². The van der Waals surface area contributed by atoms with Crippen LogP contribution in [-0.4, -0.2) is 27.7 Å². The molecular weight excluding hydrogens is 284 g/mol. The Bertz CT molecular complexity index is 530. The molecule has 1 aromatic rings. The Morgan fingerprint density at radius 1 is 1.29 bits per heavy atom. The lowest BCUT2D eigenvalue weighted by molar-refractivity contribution is -0.107. The molecule has 4 nitrogen and oxygen atoms in total. The molecule has 0 saturated heterocycles. The molecule has 0 radical (unpaired) electrons. The van der Waals surface area contributed by atoms with Gasteiger partial charge in [-0.2, -0.15) is 0 Å². The molecule has 21 heavy (non-hydrogen) atoms. The van der Waals surface area contributed by atoms with Crippen LogP contribution >= 0.6 is 0 Å². The first-order chi connectivity index (χ1) is 9.62. The minimum atomic E-state index is -2.19. The summed E-state index contributed by atoms with van der Waals surface area (Å²) in [7, 11) is -0.638. The van der Waals surface area contributed by atoms with E-state index in [1.165, 1.54) is 0 Å². The van der Waals surface area contributed by atoms with E-state index in [0.717, 1.165) is 6.29 Å². The van der Waals surface area contributed by atoms with Gasteiger partial charge in [0, 0.05) is 6.42 Å². The molecule has 0 saturated carbocycles. The SMILES string of the molecule is COc1ccc(C(=O)O[Si](C)(C)C(C)(C)C)c(CC=O)c1. The number of rotatable bonds is 5. The molecular formula is C16H24O4Si. The van der Waals surface area contributed by atoms with Crippen molar-refractivity contribution in [3.8, 4) is 5.75 Å². The Balaban J connectivity index is 3.10. The van der Waals surface area contributed by atoms with Crippen molar-refractivity contribution in [2.24, 2.45) is 0 Å². The molecule has 0 aromatic heterocycles. The Morgan fingerprint density at radius 3 is 2.38 bits per heavy atom. The van der Waals surface area contributed by atoms with Crippen LogP contribution < -0.4 is 4.74 Å². The summed E-state index contributed by atoms with van der Waals surface area (Å²) in [5, 5.41) is -0.0556. The molecule has 0 amide bonds. The van der Waals surface area contributed by atoms with Gasteiger partial charge in [-0.05, 0) is 41.9 Å². The highest BCUT2D eigenvalue weighted by molar-refractivity contribution is 6.75. The molecule has 0 unspecified atom stereocenters. The first-order valence-corrected chi connectivity index (χ1v) is 9.87. The highest BCUT2D eigenvalue weighted by Crippen LogP contribution is 2.37. The van der Waals surface area contributed by atoms with Gasteiger partial charge < -0.3 is 14.0 Å². The summed E-state index contributed by atoms with van der Waals surface area (Å²) in [6.07, 6.45) is 0.941. The van der Waals surface area contributed by atoms with E-state index in [9.17, 15) is 9.59 Å². The maximum atomic E-state index is 12.5. The predicted octanol–water partition coefficient (Wildman–Crippen LogP) is 3.60. The minimum absolute atomic E-state index is 0.0556. The van der Waals surface area contributed by atoms with Crippen molar-refractivity contribution < 1.29 is 18.8 Å². The van der Waals surface area contributed by atoms with Gasteiger partial charge in [-0.25, -0.2) is 4.79 Å². The van der Waals surface area contributed by atoms with Crippen LogP contribution in [0.3, 0.4) is 0 Å². The molecule has 1 rings (SSSR count). The maximum absolute atomic E-state index is 12.5. The largest absolute Gasteiger partial charge is 0.516 e. The Kier molecular flexibility index (Phi) is 5.34. The van der Waals surface area contributed by atoms with Crippen LogP contribution in [0, 0.1) is 0 Å². The molecule has 0 aliphatic rings. The zero-order chi connectivity index (χ0) is 16.3. The summed E-state index contributed by atoms with van der Waals surface area (Å²) in [5.41, 5.74) is 1.07. The standard InChI is InChI=1S/C16H24O4Si/c1-16(2,3)21(5,6)20-15(18)14-8-7-13(19-4)11-12(14)9-10-17/h7-8,10-11H,9H2,1-6H3. The zero-order valence-corrected chi connectivity index (χ0v) is 14.6. The number of hydrogen-bond donors (Lipinski definition) is 0. The van der Waals surface area contributed by atoms with Crippen LogP contribution in [0.15, 0.2) is 18.2 Å². The van der Waals surface area contributed by atoms with E-state index in [2.05, 4.69) is 20.8 Å². The van der Waals surface area contributed by atoms with Gasteiger partial charge in [-0.3, -0.25) is 0 Å². The van der Waals surface area contributed by atoms with Gasteiger partial charge in [0.2, 0.25) is 0 Å². The van der Waals surface area contributed by atoms with Crippen LogP contribution in [0.5, 0.6) is 5.75 Å². The number of hydrogen-bond acceptors (Lipinski definition) is 4. The van der Waals surface area contributed by atoms with Gasteiger partial charge in [0.25, 0.3) is 8.32 Å². The minimum Gasteiger partial charge on any atom is -0.516 e. The molecule has 0 heterocycles. The third-order valence-corrected chi connectivity index (χ3v) is 8.30. The predicted molar refractivity (Wildman–Crippen MR) is 85.4 cm³/mol. The van der Waals surface area contributed by atoms with Crippen molar-refractivity contribution in [2.45, 2.75) is 45.3 Å². The van der Waals surface area contributed by atoms with E-state index < -0.39 is 8.32 Å². The van der Waals surface area contributed by atoms with Crippen molar-refractivity contribution in [1.29, 1.82) is 0 Å². The fourth-order valence-electron chi connectivity index (χ4n) is 1.59. The Morgan fingerprint density at radius 2 is 1.90 bits per heavy atom. The average molecular weight is 308 g/mol. The van der Waals surface area contributed by atoms with E-state index in [1.54, 1.807) is 25.3 Å². The number of aldehydes is 1. The average Bonchev–Trinajstić information content (AvgIpc) is 2.37. The maximum Gasteiger partial charge on any atom is 0.325 e. The van der Waals surface area contributed by atoms with Crippen molar-refractivity contribution in [1.82, 2.24) is 0 Å². The van der Waals surface area contributed by atoms with Gasteiger partial charge in [0.1, 0.15) is 12.0 Å². The second kappa shape index (κ2) is 6.43. The van der Waals surface area contributed by atoms with Crippen molar-refractivity contribution >= 4 is 20.6 Å². The summed E-state index contributed by atoms with van der Waals surface area (Å²) < 4.78 is 10.9. The number of carbonyl (C=O) groups excluding carboxylic acids is 2. The molecule has 0 spiro atoms. The second-order valence-corrected chi connectivity index (χ2v) is 11.3. The van der Waals surface area contributed by atoms with Crippen molar-refractivity contribution in [3.05, 3.63) is 29.3 Å². The van der Waals surface area contributed by atoms with E-state index in [-0.39, 0.29) is 17.4 Å². The number of carbonyl (C=O) groups is 2. The first kappa shape index (κ1) is 17.4. The molecule has 0 atom stereocenters. The van der Waals surface area contributed by atoms with Gasteiger partial charge in [0.15, 0.2) is 0 Å². The first-order valence-electron chi connectivity index (χ1n) is 6.96. The van der Waals surface area contributed by atoms with Crippen LogP contribution in [0.1, 0.15) is 36.7 Å². The highest BCUT2D eigenvalue weighted by atomic mass is 28.4. The monoisotopic (exact) mass is 308 g/mol. The lowest BCUT2D eigenvalue weighted by Crippen LogP contribution is -2.42. The molecule has 0 N–H and O–H groups in total. The molecule has 116 valence electrons. The summed E-state index contributed by atoms with van der Waals surface area (Å²) in [6, 6.07) is 5.07. The number of methoxy groups -OCH3 is 1. The molecule has 0 bridgehead atoms. The smallest absolute Gasteiger partial charge is 0.325 e. The van der Waals surface area contributed by atoms with Crippen LogP contribution in [0.2, 0.25) is 18.1 Å². The van der Waals surface area contributed by atoms with Crippen LogP contribution in [0.25, 0.3) is 0 Å². The van der Waals surface area contributed by atoms with Crippen LogP contribution in [-0.2, 0) is 15.6 Å². The summed E-state index contributed by atoms with van der Waals surface area (Å²) in [4.78, 5) is 23.3. The van der Waals surface area contributed by atoms with Gasteiger partial charge in [-0.15, -0.1) is 0 Å². The summed E-state index contributed by atoms with van der Waals surface area (Å²) >= 11 is 0. The molecule has 0 fully saturated rings. The molecule has 1 aromatic carbocycles. The third kappa shape index (κ3) is 4.17. The summed E-state index contributed by atoms with van der Waals surface area (Å²) in [6.45, 7) is 10.3. The van der Waals surface area contributed by atoms with Crippen LogP contribution in [0.4, 0.5) is 0 Å². The zero-order valence-electron chi connectivity index (χ0n) is 13.6. The molecule has 0 aliphatic carbocycles. The quantitative estimate of drug-likeness (QED) is 0.616. The topological polar surface area (TPSA) is 52.6 Å². The third-order valence-electron chi connectivity index (χ3n) is 3.99. The molecule has 0 aliphatic heterocycles. The lowest BCUT2D eigenvalue weighted by atomic mass is 10.0. The number of benzene rings is 1. The normalized spacial score (nSPS) is 11.9. The Labute approximate surface area is 127 Å². The summed E-state index contributed by atoms with van der Waals surface area (Å²) in [5.74, 6) is 0.261. The highest BCUT2D eigenvalue weighted by Gasteiger charge is 2.40. The van der Waals surface area contributed by atoms with E-state index in [0.29, 0.717) is 16.9 Å². The van der Waals surface area contributed by atoms with Gasteiger partial charge in [-0.1, -0.05) is 20.8 Å². The van der Waals surface area contributed by atoms with Gasteiger partial charge in [0.05, 0.1) is 12.7 Å². The van der Waals surface area contributed by atoms with E-state index >= 15 is 0 Å². The molecule has 5 heteroatoms. The fraction of sp³-hybridized carbons (Fsp3) is 0.500. The Hall–Kier alpha value is -1.62. The van der Waals surface area contributed by atoms with Gasteiger partial charge >= 0.3 is 5.97 Å². The number of ether oxygens (including phenoxy) is 1. The van der Waals surface area contributed by atoms with Crippen molar-refractivity contribution in [2.75, 3.05) is 7.11 Å². The fourth-order valence-corrected chi connectivity index (χ4v) is 2.47.